The normalized spacial score (nSPS) is 9.69. The van der Waals surface area contributed by atoms with Crippen LogP contribution in [0.25, 0.3) is 0 Å². The summed E-state index contributed by atoms with van der Waals surface area (Å²) in [4.78, 5) is 11.6. The summed E-state index contributed by atoms with van der Waals surface area (Å²) >= 11 is 0. The van der Waals surface area contributed by atoms with Gasteiger partial charge < -0.3 is 15.7 Å². The Morgan fingerprint density at radius 3 is 2.25 bits per heavy atom. The second-order valence-electron chi connectivity index (χ2n) is 4.37. The van der Waals surface area contributed by atoms with Crippen LogP contribution in [0.15, 0.2) is 24.3 Å². The smallest absolute Gasteiger partial charge is 0.338 e. The molecule has 4 N–H and O–H groups in total. The maximum atomic E-state index is 11.6. The molecule has 0 amide bonds. The van der Waals surface area contributed by atoms with Gasteiger partial charge in [0.15, 0.2) is 0 Å². The third kappa shape index (κ3) is 5.53. The van der Waals surface area contributed by atoms with Crippen molar-refractivity contribution in [3.63, 3.8) is 0 Å². The molecule has 0 aromatic heterocycles. The molecule has 0 saturated carbocycles. The minimum Gasteiger partial charge on any atom is -0.456 e. The number of hydrogen-bond acceptors (Lipinski definition) is 2. The van der Waals surface area contributed by atoms with Crippen molar-refractivity contribution in [2.24, 2.45) is 0 Å². The molecule has 90 valence electrons. The number of esters is 1. The van der Waals surface area contributed by atoms with Gasteiger partial charge in [-0.2, -0.15) is 0 Å². The summed E-state index contributed by atoms with van der Waals surface area (Å²) in [6.45, 7) is 5.59. The van der Waals surface area contributed by atoms with Crippen LogP contribution >= 0.6 is 0 Å². The Morgan fingerprint density at radius 2 is 1.81 bits per heavy atom. The number of hydrogen-bond donors (Lipinski definition) is 0. The summed E-state index contributed by atoms with van der Waals surface area (Å²) in [5.74, 6) is -0.263. The lowest BCUT2D eigenvalue weighted by molar-refractivity contribution is 0.00696. The number of ether oxygens (including phenoxy) is 1. The predicted octanol–water partition coefficient (Wildman–Crippen LogP) is -0.749. The Morgan fingerprint density at radius 1 is 1.25 bits per heavy atom. The van der Waals surface area contributed by atoms with Crippen LogP contribution in [-0.2, 0) is 4.74 Å². The summed E-state index contributed by atoms with van der Waals surface area (Å²) in [7, 11) is 1.95. The zero-order valence-electron chi connectivity index (χ0n) is 10.1. The lowest BCUT2D eigenvalue weighted by Gasteiger charge is -2.19. The van der Waals surface area contributed by atoms with Crippen molar-refractivity contribution in [2.45, 2.75) is 26.4 Å². The SMILES string of the molecule is Bc1cccc(C(=O)OC(C)(C)C)c1.O.O. The molecule has 0 aliphatic rings. The van der Waals surface area contributed by atoms with E-state index in [2.05, 4.69) is 0 Å². The molecule has 1 rings (SSSR count). The van der Waals surface area contributed by atoms with Crippen LogP contribution in [0.5, 0.6) is 0 Å². The standard InChI is InChI=1S/C11H15BO2.2H2O/c1-11(2,3)14-10(13)8-5-4-6-9(12)7-8;;/h4-7H,12H2,1-3H3;2*1H2. The van der Waals surface area contributed by atoms with Crippen LogP contribution < -0.4 is 5.46 Å². The maximum absolute atomic E-state index is 11.6. The molecule has 0 saturated heterocycles. The van der Waals surface area contributed by atoms with Gasteiger partial charge in [0.25, 0.3) is 0 Å². The summed E-state index contributed by atoms with van der Waals surface area (Å²) < 4.78 is 5.24. The fourth-order valence-corrected chi connectivity index (χ4v) is 1.11. The van der Waals surface area contributed by atoms with Crippen molar-refractivity contribution >= 4 is 19.3 Å². The van der Waals surface area contributed by atoms with Crippen LogP contribution in [-0.4, -0.2) is 30.4 Å². The fraction of sp³-hybridized carbons (Fsp3) is 0.364. The minimum absolute atomic E-state index is 0. The molecule has 1 aromatic rings. The van der Waals surface area contributed by atoms with Gasteiger partial charge in [-0.25, -0.2) is 4.79 Å². The van der Waals surface area contributed by atoms with E-state index in [1.54, 1.807) is 6.07 Å². The van der Waals surface area contributed by atoms with Gasteiger partial charge in [-0.05, 0) is 26.8 Å². The average molecular weight is 226 g/mol. The van der Waals surface area contributed by atoms with Gasteiger partial charge >= 0.3 is 5.97 Å². The van der Waals surface area contributed by atoms with Crippen LogP contribution in [0, 0.1) is 0 Å². The van der Waals surface area contributed by atoms with E-state index in [1.807, 2.05) is 46.8 Å². The molecule has 0 heterocycles. The molecule has 0 fully saturated rings. The summed E-state index contributed by atoms with van der Waals surface area (Å²) in [5.41, 5.74) is 1.24. The van der Waals surface area contributed by atoms with Crippen LogP contribution in [0.4, 0.5) is 0 Å². The van der Waals surface area contributed by atoms with Gasteiger partial charge in [-0.3, -0.25) is 0 Å². The highest BCUT2D eigenvalue weighted by molar-refractivity contribution is 6.32. The van der Waals surface area contributed by atoms with Crippen molar-refractivity contribution in [2.75, 3.05) is 0 Å². The topological polar surface area (TPSA) is 89.3 Å². The molecule has 0 bridgehead atoms. The summed E-state index contributed by atoms with van der Waals surface area (Å²) in [6.07, 6.45) is 0. The first-order valence-electron chi connectivity index (χ1n) is 4.68. The molecule has 1 aromatic carbocycles. The van der Waals surface area contributed by atoms with Crippen molar-refractivity contribution in [3.8, 4) is 0 Å². The monoisotopic (exact) mass is 226 g/mol. The highest BCUT2D eigenvalue weighted by Gasteiger charge is 2.17. The van der Waals surface area contributed by atoms with Gasteiger partial charge in [-0.15, -0.1) is 0 Å². The number of carbonyl (C=O) groups excluding carboxylic acids is 1. The fourth-order valence-electron chi connectivity index (χ4n) is 1.11. The second-order valence-corrected chi connectivity index (χ2v) is 4.37. The molecule has 0 spiro atoms. The van der Waals surface area contributed by atoms with Gasteiger partial charge in [0.2, 0.25) is 0 Å². The average Bonchev–Trinajstić information content (AvgIpc) is 2.01. The van der Waals surface area contributed by atoms with Crippen molar-refractivity contribution in [1.82, 2.24) is 0 Å². The van der Waals surface area contributed by atoms with E-state index in [0.717, 1.165) is 5.46 Å². The Hall–Kier alpha value is -1.33. The maximum Gasteiger partial charge on any atom is 0.338 e. The van der Waals surface area contributed by atoms with E-state index in [4.69, 9.17) is 4.74 Å². The second kappa shape index (κ2) is 6.30. The van der Waals surface area contributed by atoms with Crippen LogP contribution in [0.1, 0.15) is 31.1 Å². The molecule has 5 heteroatoms. The quantitative estimate of drug-likeness (QED) is 0.465. The lowest BCUT2D eigenvalue weighted by atomic mass is 9.94. The number of rotatable bonds is 1. The van der Waals surface area contributed by atoms with Crippen LogP contribution in [0.2, 0.25) is 0 Å². The van der Waals surface area contributed by atoms with E-state index in [9.17, 15) is 4.79 Å². The van der Waals surface area contributed by atoms with Gasteiger partial charge in [-0.1, -0.05) is 23.7 Å². The Labute approximate surface area is 96.6 Å². The Kier molecular flexibility index (Phi) is 6.73. The van der Waals surface area contributed by atoms with Gasteiger partial charge in [0, 0.05) is 0 Å². The Bertz CT molecular complexity index is 344. The zero-order chi connectivity index (χ0) is 10.8. The third-order valence-electron chi connectivity index (χ3n) is 1.65. The van der Waals surface area contributed by atoms with E-state index < -0.39 is 5.60 Å². The number of benzene rings is 1. The molecule has 4 nitrogen and oxygen atoms in total. The largest absolute Gasteiger partial charge is 0.456 e. The molecule has 0 aliphatic heterocycles. The van der Waals surface area contributed by atoms with E-state index >= 15 is 0 Å². The third-order valence-corrected chi connectivity index (χ3v) is 1.65. The first-order valence-corrected chi connectivity index (χ1v) is 4.68. The molecule has 0 atom stereocenters. The Balaban J connectivity index is 0. The van der Waals surface area contributed by atoms with Crippen molar-refractivity contribution in [1.29, 1.82) is 0 Å². The highest BCUT2D eigenvalue weighted by atomic mass is 16.6. The van der Waals surface area contributed by atoms with Crippen molar-refractivity contribution in [3.05, 3.63) is 29.8 Å². The lowest BCUT2D eigenvalue weighted by Crippen LogP contribution is -2.24. The summed E-state index contributed by atoms with van der Waals surface area (Å²) in [5, 5.41) is 0. The van der Waals surface area contributed by atoms with E-state index in [1.165, 1.54) is 0 Å². The van der Waals surface area contributed by atoms with Crippen LogP contribution in [0.3, 0.4) is 0 Å². The molecule has 16 heavy (non-hydrogen) atoms. The van der Waals surface area contributed by atoms with E-state index in [-0.39, 0.29) is 16.9 Å². The van der Waals surface area contributed by atoms with Gasteiger partial charge in [0.05, 0.1) is 5.56 Å². The first kappa shape index (κ1) is 17.1. The minimum atomic E-state index is -0.430. The van der Waals surface area contributed by atoms with E-state index in [0.29, 0.717) is 5.56 Å². The molecular weight excluding hydrogens is 207 g/mol. The molecule has 0 aliphatic carbocycles. The predicted molar refractivity (Wildman–Crippen MR) is 67.0 cm³/mol. The van der Waals surface area contributed by atoms with Gasteiger partial charge in [0.1, 0.15) is 13.4 Å². The molecule has 0 unspecified atom stereocenters. The summed E-state index contributed by atoms with van der Waals surface area (Å²) in [6, 6.07) is 7.40. The highest BCUT2D eigenvalue weighted by Crippen LogP contribution is 2.10. The zero-order valence-corrected chi connectivity index (χ0v) is 10.1. The molecular formula is C11H19BO4. The first-order chi connectivity index (χ1) is 6.38. The number of carbonyl (C=O) groups is 1. The van der Waals surface area contributed by atoms with Crippen molar-refractivity contribution < 1.29 is 20.5 Å². The molecule has 0 radical (unpaired) electrons.